The molecular formula is C15H11Cl2NO4. The number of hydrogen-bond donors (Lipinski definition) is 0. The summed E-state index contributed by atoms with van der Waals surface area (Å²) in [5.41, 5.74) is 0.357. The third-order valence-corrected chi connectivity index (χ3v) is 4.42. The molecule has 7 heteroatoms. The molecule has 2 aromatic carbocycles. The Hall–Kier alpha value is -1.98. The molecule has 3 rings (SSSR count). The van der Waals surface area contributed by atoms with Crippen LogP contribution in [0.5, 0.6) is 11.5 Å². The molecule has 0 atom stereocenters. The van der Waals surface area contributed by atoms with E-state index in [0.717, 1.165) is 4.90 Å². The monoisotopic (exact) mass is 339 g/mol. The molecular weight excluding hydrogens is 329 g/mol. The van der Waals surface area contributed by atoms with E-state index in [1.165, 1.54) is 21.3 Å². The molecule has 1 heterocycles. The average Bonchev–Trinajstić information content (AvgIpc) is 2.72. The van der Waals surface area contributed by atoms with Crippen LogP contribution in [0.25, 0.3) is 10.8 Å². The summed E-state index contributed by atoms with van der Waals surface area (Å²) in [4.78, 5) is 25.7. The Morgan fingerprint density at radius 3 is 1.55 bits per heavy atom. The highest BCUT2D eigenvalue weighted by molar-refractivity contribution is 6.43. The average molecular weight is 340 g/mol. The van der Waals surface area contributed by atoms with Crippen molar-refractivity contribution in [3.05, 3.63) is 33.3 Å². The van der Waals surface area contributed by atoms with Gasteiger partial charge in [0.15, 0.2) is 0 Å². The predicted molar refractivity (Wildman–Crippen MR) is 83.5 cm³/mol. The topological polar surface area (TPSA) is 55.8 Å². The van der Waals surface area contributed by atoms with Crippen LogP contribution < -0.4 is 9.47 Å². The standard InChI is InChI=1S/C15H11Cl2NO4/c1-18-14(19)10-11(15(18)20)13(22-3)7-5-9(17)8(16)4-6(7)12(10)21-2/h4-5H,1-3H3. The minimum atomic E-state index is -0.442. The molecule has 0 bridgehead atoms. The largest absolute Gasteiger partial charge is 0.495 e. The number of fused-ring (bicyclic) bond motifs is 2. The highest BCUT2D eigenvalue weighted by Crippen LogP contribution is 2.46. The van der Waals surface area contributed by atoms with Crippen molar-refractivity contribution in [2.75, 3.05) is 21.3 Å². The van der Waals surface area contributed by atoms with Crippen LogP contribution in [0, 0.1) is 0 Å². The van der Waals surface area contributed by atoms with Crippen LogP contribution >= 0.6 is 23.2 Å². The zero-order valence-electron chi connectivity index (χ0n) is 12.0. The van der Waals surface area contributed by atoms with Crippen LogP contribution in [-0.2, 0) is 0 Å². The maximum absolute atomic E-state index is 12.4. The SMILES string of the molecule is COc1c2c(c(OC)c3cc(Cl)c(Cl)cc13)C(=O)N(C)C2=O. The van der Waals surface area contributed by atoms with E-state index in [1.54, 1.807) is 12.1 Å². The van der Waals surface area contributed by atoms with Crippen molar-refractivity contribution in [1.29, 1.82) is 0 Å². The lowest BCUT2D eigenvalue weighted by Gasteiger charge is -2.14. The molecule has 0 N–H and O–H groups in total. The van der Waals surface area contributed by atoms with Crippen molar-refractivity contribution in [2.24, 2.45) is 0 Å². The molecule has 114 valence electrons. The fraction of sp³-hybridized carbons (Fsp3) is 0.200. The number of carbonyl (C=O) groups is 2. The molecule has 2 aromatic rings. The Morgan fingerprint density at radius 1 is 0.864 bits per heavy atom. The number of amides is 2. The van der Waals surface area contributed by atoms with Gasteiger partial charge in [-0.15, -0.1) is 0 Å². The van der Waals surface area contributed by atoms with Gasteiger partial charge in [-0.3, -0.25) is 14.5 Å². The summed E-state index contributed by atoms with van der Waals surface area (Å²) in [6, 6.07) is 3.19. The molecule has 0 aliphatic carbocycles. The molecule has 5 nitrogen and oxygen atoms in total. The summed E-state index contributed by atoms with van der Waals surface area (Å²) in [5.74, 6) is -0.314. The Kier molecular flexibility index (Phi) is 3.42. The Labute approximate surface area is 136 Å². The predicted octanol–water partition coefficient (Wildman–Crippen LogP) is 3.39. The summed E-state index contributed by atoms with van der Waals surface area (Å²) in [7, 11) is 4.27. The summed E-state index contributed by atoms with van der Waals surface area (Å²) in [6.45, 7) is 0. The number of methoxy groups -OCH3 is 2. The van der Waals surface area contributed by atoms with Gasteiger partial charge in [0.05, 0.1) is 35.4 Å². The Balaban J connectivity index is 2.57. The van der Waals surface area contributed by atoms with E-state index in [-0.39, 0.29) is 22.6 Å². The van der Waals surface area contributed by atoms with Gasteiger partial charge >= 0.3 is 0 Å². The van der Waals surface area contributed by atoms with Gasteiger partial charge in [0.1, 0.15) is 11.5 Å². The van der Waals surface area contributed by atoms with Gasteiger partial charge in [0.2, 0.25) is 0 Å². The number of nitrogens with zero attached hydrogens (tertiary/aromatic N) is 1. The number of rotatable bonds is 2. The van der Waals surface area contributed by atoms with Crippen LogP contribution in [-0.4, -0.2) is 38.0 Å². The summed E-state index contributed by atoms with van der Waals surface area (Å²) < 4.78 is 10.7. The normalized spacial score (nSPS) is 13.8. The van der Waals surface area contributed by atoms with Crippen LogP contribution in [0.1, 0.15) is 20.7 Å². The number of hydrogen-bond acceptors (Lipinski definition) is 4. The van der Waals surface area contributed by atoms with Crippen LogP contribution in [0.2, 0.25) is 10.0 Å². The number of imide groups is 1. The van der Waals surface area contributed by atoms with Crippen LogP contribution in [0.15, 0.2) is 12.1 Å². The third-order valence-electron chi connectivity index (χ3n) is 3.70. The van der Waals surface area contributed by atoms with Gasteiger partial charge in [-0.05, 0) is 12.1 Å². The Morgan fingerprint density at radius 2 is 1.23 bits per heavy atom. The maximum atomic E-state index is 12.4. The lowest BCUT2D eigenvalue weighted by atomic mass is 9.99. The second-order valence-electron chi connectivity index (χ2n) is 4.80. The zero-order chi connectivity index (χ0) is 16.2. The van der Waals surface area contributed by atoms with Gasteiger partial charge in [0, 0.05) is 17.8 Å². The van der Waals surface area contributed by atoms with E-state index in [9.17, 15) is 9.59 Å². The molecule has 0 saturated carbocycles. The summed E-state index contributed by atoms with van der Waals surface area (Å²) in [5, 5.41) is 1.76. The molecule has 0 aromatic heterocycles. The molecule has 0 saturated heterocycles. The summed E-state index contributed by atoms with van der Waals surface area (Å²) in [6.07, 6.45) is 0. The third kappa shape index (κ3) is 1.79. The second kappa shape index (κ2) is 5.04. The minimum Gasteiger partial charge on any atom is -0.495 e. The van der Waals surface area contributed by atoms with Crippen LogP contribution in [0.4, 0.5) is 0 Å². The maximum Gasteiger partial charge on any atom is 0.265 e. The van der Waals surface area contributed by atoms with Gasteiger partial charge in [0.25, 0.3) is 11.8 Å². The fourth-order valence-corrected chi connectivity index (χ4v) is 3.01. The number of halogens is 2. The molecule has 22 heavy (non-hydrogen) atoms. The van der Waals surface area contributed by atoms with E-state index < -0.39 is 11.8 Å². The van der Waals surface area contributed by atoms with Gasteiger partial charge < -0.3 is 9.47 Å². The van der Waals surface area contributed by atoms with Gasteiger partial charge in [-0.1, -0.05) is 23.2 Å². The van der Waals surface area contributed by atoms with Crippen molar-refractivity contribution < 1.29 is 19.1 Å². The molecule has 1 aliphatic heterocycles. The first-order valence-corrected chi connectivity index (χ1v) is 7.07. The minimum absolute atomic E-state index is 0.178. The number of benzene rings is 2. The molecule has 0 fully saturated rings. The first kappa shape index (κ1) is 14.9. The quantitative estimate of drug-likeness (QED) is 0.787. The molecule has 0 unspecified atom stereocenters. The highest BCUT2D eigenvalue weighted by Gasteiger charge is 2.40. The van der Waals surface area contributed by atoms with Gasteiger partial charge in [-0.2, -0.15) is 0 Å². The molecule has 2 amide bonds. The summed E-state index contributed by atoms with van der Waals surface area (Å²) >= 11 is 12.1. The van der Waals surface area contributed by atoms with E-state index in [1.807, 2.05) is 0 Å². The molecule has 1 aliphatic rings. The lowest BCUT2D eigenvalue weighted by Crippen LogP contribution is -2.24. The van der Waals surface area contributed by atoms with E-state index >= 15 is 0 Å². The van der Waals surface area contributed by atoms with Crippen molar-refractivity contribution >= 4 is 45.8 Å². The zero-order valence-corrected chi connectivity index (χ0v) is 13.5. The van der Waals surface area contributed by atoms with Crippen molar-refractivity contribution in [3.8, 4) is 11.5 Å². The lowest BCUT2D eigenvalue weighted by molar-refractivity contribution is 0.0691. The van der Waals surface area contributed by atoms with Crippen molar-refractivity contribution in [3.63, 3.8) is 0 Å². The fourth-order valence-electron chi connectivity index (χ4n) is 2.68. The van der Waals surface area contributed by atoms with Crippen LogP contribution in [0.3, 0.4) is 0 Å². The number of ether oxygens (including phenoxy) is 2. The Bertz CT molecular complexity index is 779. The van der Waals surface area contributed by atoms with E-state index in [2.05, 4.69) is 0 Å². The van der Waals surface area contributed by atoms with E-state index in [0.29, 0.717) is 20.8 Å². The number of carbonyl (C=O) groups excluding carboxylic acids is 2. The van der Waals surface area contributed by atoms with Gasteiger partial charge in [-0.25, -0.2) is 0 Å². The van der Waals surface area contributed by atoms with Crippen molar-refractivity contribution in [1.82, 2.24) is 4.90 Å². The molecule has 0 radical (unpaired) electrons. The smallest absolute Gasteiger partial charge is 0.265 e. The highest BCUT2D eigenvalue weighted by atomic mass is 35.5. The first-order valence-electron chi connectivity index (χ1n) is 6.31. The first-order chi connectivity index (χ1) is 10.4. The van der Waals surface area contributed by atoms with E-state index in [4.69, 9.17) is 32.7 Å². The van der Waals surface area contributed by atoms with Crippen molar-refractivity contribution in [2.45, 2.75) is 0 Å². The second-order valence-corrected chi connectivity index (χ2v) is 5.61. The molecule has 0 spiro atoms.